The fraction of sp³-hybridized carbons (Fsp3) is 0. The minimum Gasteiger partial charge on any atom is -0.352 e. The van der Waals surface area contributed by atoms with E-state index in [1.54, 1.807) is 24.7 Å². The zero-order valence-corrected chi connectivity index (χ0v) is 15.9. The van der Waals surface area contributed by atoms with Crippen LogP contribution in [0.1, 0.15) is 10.5 Å². The van der Waals surface area contributed by atoms with Gasteiger partial charge in [0.05, 0.1) is 34.3 Å². The second-order valence-corrected chi connectivity index (χ2v) is 6.77. The molecule has 2 aromatic carbocycles. The molecule has 0 saturated heterocycles. The van der Waals surface area contributed by atoms with Gasteiger partial charge in [-0.1, -0.05) is 36.4 Å². The molecule has 0 aliphatic heterocycles. The van der Waals surface area contributed by atoms with E-state index in [1.165, 1.54) is 0 Å². The Kier molecular flexibility index (Phi) is 4.50. The number of rotatable bonds is 4. The number of fused-ring (bicyclic) bond motifs is 2. The number of amides is 1. The highest BCUT2D eigenvalue weighted by molar-refractivity contribution is 6.07. The van der Waals surface area contributed by atoms with Crippen LogP contribution in [0, 0.1) is 0 Å². The molecule has 6 heteroatoms. The van der Waals surface area contributed by atoms with Gasteiger partial charge in [0, 0.05) is 23.2 Å². The molecule has 3 aromatic heterocycles. The highest BCUT2D eigenvalue weighted by Gasteiger charge is 2.11. The molecule has 0 bridgehead atoms. The van der Waals surface area contributed by atoms with Crippen molar-refractivity contribution in [2.45, 2.75) is 0 Å². The third-order valence-corrected chi connectivity index (χ3v) is 4.79. The van der Waals surface area contributed by atoms with E-state index in [-0.39, 0.29) is 5.91 Å². The number of nitrogens with one attached hydrogen (secondary N) is 2. The number of anilines is 3. The van der Waals surface area contributed by atoms with Crippen LogP contribution in [-0.4, -0.2) is 20.9 Å². The molecule has 0 spiro atoms. The molecule has 0 saturated carbocycles. The van der Waals surface area contributed by atoms with Crippen molar-refractivity contribution in [3.05, 3.63) is 97.1 Å². The minimum atomic E-state index is -0.286. The van der Waals surface area contributed by atoms with Gasteiger partial charge in [-0.15, -0.1) is 0 Å². The first-order valence-electron chi connectivity index (χ1n) is 9.50. The van der Waals surface area contributed by atoms with Crippen LogP contribution in [0.15, 0.2) is 91.4 Å². The van der Waals surface area contributed by atoms with E-state index in [2.05, 4.69) is 25.6 Å². The summed E-state index contributed by atoms with van der Waals surface area (Å²) in [6.07, 6.45) is 5.11. The highest BCUT2D eigenvalue weighted by atomic mass is 16.1. The van der Waals surface area contributed by atoms with Crippen molar-refractivity contribution in [1.29, 1.82) is 0 Å². The lowest BCUT2D eigenvalue weighted by Gasteiger charge is -2.10. The number of carbonyl (C=O) groups excluding carboxylic acids is 1. The Morgan fingerprint density at radius 1 is 0.667 bits per heavy atom. The largest absolute Gasteiger partial charge is 0.352 e. The SMILES string of the molecule is O=C(Nc1cccc2cccnc12)c1ccc(Nc2cccc3cccnc23)cn1. The van der Waals surface area contributed by atoms with Crippen molar-refractivity contribution >= 4 is 44.8 Å². The number of para-hydroxylation sites is 2. The van der Waals surface area contributed by atoms with Gasteiger partial charge in [-0.3, -0.25) is 14.8 Å². The van der Waals surface area contributed by atoms with Crippen molar-refractivity contribution in [2.24, 2.45) is 0 Å². The van der Waals surface area contributed by atoms with Crippen molar-refractivity contribution < 1.29 is 4.79 Å². The molecule has 0 atom stereocenters. The third kappa shape index (κ3) is 3.42. The normalized spacial score (nSPS) is 10.8. The maximum atomic E-state index is 12.7. The number of hydrogen-bond donors (Lipinski definition) is 2. The van der Waals surface area contributed by atoms with E-state index >= 15 is 0 Å². The molecule has 0 unspecified atom stereocenters. The molecule has 6 nitrogen and oxygen atoms in total. The van der Waals surface area contributed by atoms with Gasteiger partial charge in [-0.05, 0) is 36.4 Å². The summed E-state index contributed by atoms with van der Waals surface area (Å²) in [6, 6.07) is 22.9. The Morgan fingerprint density at radius 2 is 1.30 bits per heavy atom. The Balaban J connectivity index is 1.36. The number of carbonyl (C=O) groups is 1. The Labute approximate surface area is 172 Å². The Morgan fingerprint density at radius 3 is 1.97 bits per heavy atom. The fourth-order valence-corrected chi connectivity index (χ4v) is 3.35. The van der Waals surface area contributed by atoms with Gasteiger partial charge >= 0.3 is 0 Å². The smallest absolute Gasteiger partial charge is 0.274 e. The third-order valence-electron chi connectivity index (χ3n) is 4.79. The number of pyridine rings is 3. The summed E-state index contributed by atoms with van der Waals surface area (Å²) in [5.74, 6) is -0.286. The maximum absolute atomic E-state index is 12.7. The molecule has 3 heterocycles. The molecule has 1 amide bonds. The number of hydrogen-bond acceptors (Lipinski definition) is 5. The first-order chi connectivity index (χ1) is 14.8. The molecule has 5 rings (SSSR count). The summed E-state index contributed by atoms with van der Waals surface area (Å²) in [5.41, 5.74) is 4.26. The zero-order valence-electron chi connectivity index (χ0n) is 15.9. The van der Waals surface area contributed by atoms with Gasteiger partial charge in [0.1, 0.15) is 5.69 Å². The predicted molar refractivity (Wildman–Crippen MR) is 119 cm³/mol. The molecular formula is C24H17N5O. The summed E-state index contributed by atoms with van der Waals surface area (Å²) >= 11 is 0. The molecule has 5 aromatic rings. The molecule has 144 valence electrons. The van der Waals surface area contributed by atoms with Gasteiger partial charge in [-0.2, -0.15) is 0 Å². The monoisotopic (exact) mass is 391 g/mol. The summed E-state index contributed by atoms with van der Waals surface area (Å²) < 4.78 is 0. The standard InChI is InChI=1S/C24H17N5O/c30-24(29-20-10-2-6-17-8-4-14-26-23(17)20)21-12-11-18(15-27-21)28-19-9-1-5-16-7-3-13-25-22(16)19/h1-15,28H,(H,29,30). The molecule has 0 aliphatic rings. The van der Waals surface area contributed by atoms with Crippen LogP contribution in [0.5, 0.6) is 0 Å². The average Bonchev–Trinajstić information content (AvgIpc) is 2.80. The predicted octanol–water partition coefficient (Wildman–Crippen LogP) is 5.17. The number of aromatic nitrogens is 3. The quantitative estimate of drug-likeness (QED) is 0.442. The van der Waals surface area contributed by atoms with Gasteiger partial charge in [0.15, 0.2) is 0 Å². The Bertz CT molecular complexity index is 1350. The van der Waals surface area contributed by atoms with E-state index in [9.17, 15) is 4.79 Å². The molecule has 2 N–H and O–H groups in total. The first-order valence-corrected chi connectivity index (χ1v) is 9.50. The van der Waals surface area contributed by atoms with Gasteiger partial charge in [0.25, 0.3) is 5.91 Å². The summed E-state index contributed by atoms with van der Waals surface area (Å²) in [7, 11) is 0. The fourth-order valence-electron chi connectivity index (χ4n) is 3.35. The van der Waals surface area contributed by atoms with Gasteiger partial charge < -0.3 is 10.6 Å². The van der Waals surface area contributed by atoms with Crippen LogP contribution < -0.4 is 10.6 Å². The van der Waals surface area contributed by atoms with E-state index in [4.69, 9.17) is 0 Å². The van der Waals surface area contributed by atoms with E-state index in [0.29, 0.717) is 11.4 Å². The van der Waals surface area contributed by atoms with Gasteiger partial charge in [0.2, 0.25) is 0 Å². The summed E-state index contributed by atoms with van der Waals surface area (Å²) in [5, 5.41) is 8.24. The molecule has 0 aliphatic carbocycles. The van der Waals surface area contributed by atoms with Crippen LogP contribution in [-0.2, 0) is 0 Å². The minimum absolute atomic E-state index is 0.286. The van der Waals surface area contributed by atoms with Crippen LogP contribution in [0.4, 0.5) is 17.1 Å². The van der Waals surface area contributed by atoms with E-state index in [0.717, 1.165) is 33.2 Å². The van der Waals surface area contributed by atoms with Crippen LogP contribution >= 0.6 is 0 Å². The van der Waals surface area contributed by atoms with Crippen molar-refractivity contribution in [2.75, 3.05) is 10.6 Å². The average molecular weight is 391 g/mol. The molecule has 0 radical (unpaired) electrons. The van der Waals surface area contributed by atoms with Crippen molar-refractivity contribution in [3.8, 4) is 0 Å². The topological polar surface area (TPSA) is 79.8 Å². The van der Waals surface area contributed by atoms with Crippen LogP contribution in [0.2, 0.25) is 0 Å². The maximum Gasteiger partial charge on any atom is 0.274 e. The zero-order chi connectivity index (χ0) is 20.3. The summed E-state index contributed by atoms with van der Waals surface area (Å²) in [6.45, 7) is 0. The molecular weight excluding hydrogens is 374 g/mol. The van der Waals surface area contributed by atoms with E-state index < -0.39 is 0 Å². The van der Waals surface area contributed by atoms with Crippen molar-refractivity contribution in [3.63, 3.8) is 0 Å². The lowest BCUT2D eigenvalue weighted by molar-refractivity contribution is 0.102. The van der Waals surface area contributed by atoms with E-state index in [1.807, 2.05) is 66.7 Å². The van der Waals surface area contributed by atoms with Crippen LogP contribution in [0.25, 0.3) is 21.8 Å². The number of nitrogens with zero attached hydrogens (tertiary/aromatic N) is 3. The molecule has 0 fully saturated rings. The second-order valence-electron chi connectivity index (χ2n) is 6.77. The molecule has 30 heavy (non-hydrogen) atoms. The van der Waals surface area contributed by atoms with Gasteiger partial charge in [-0.25, -0.2) is 4.98 Å². The Hall–Kier alpha value is -4.32. The second kappa shape index (κ2) is 7.60. The van der Waals surface area contributed by atoms with Crippen molar-refractivity contribution in [1.82, 2.24) is 15.0 Å². The summed E-state index contributed by atoms with van der Waals surface area (Å²) in [4.78, 5) is 25.8. The lowest BCUT2D eigenvalue weighted by Crippen LogP contribution is -2.14. The number of benzene rings is 2. The first kappa shape index (κ1) is 17.8. The highest BCUT2D eigenvalue weighted by Crippen LogP contribution is 2.25. The lowest BCUT2D eigenvalue weighted by atomic mass is 10.2. The van der Waals surface area contributed by atoms with Crippen LogP contribution in [0.3, 0.4) is 0 Å².